The van der Waals surface area contributed by atoms with Gasteiger partial charge >= 0.3 is 5.97 Å². The van der Waals surface area contributed by atoms with Gasteiger partial charge in [-0.25, -0.2) is 4.79 Å². The highest BCUT2D eigenvalue weighted by Gasteiger charge is 2.01. The van der Waals surface area contributed by atoms with Crippen LogP contribution in [0.3, 0.4) is 0 Å². The number of ether oxygens (including phenoxy) is 1. The molecule has 0 aliphatic heterocycles. The average molecular weight is 197 g/mol. The summed E-state index contributed by atoms with van der Waals surface area (Å²) in [7, 11) is 0. The van der Waals surface area contributed by atoms with E-state index in [1.54, 1.807) is 6.92 Å². The van der Waals surface area contributed by atoms with Crippen molar-refractivity contribution >= 4 is 5.97 Å². The Bertz CT molecular complexity index is 183. The second-order valence-corrected chi connectivity index (χ2v) is 3.96. The van der Waals surface area contributed by atoms with Crippen LogP contribution in [-0.2, 0) is 9.53 Å². The van der Waals surface area contributed by atoms with Crippen molar-refractivity contribution in [2.75, 3.05) is 6.61 Å². The first-order chi connectivity index (χ1) is 6.54. The molecule has 0 bridgehead atoms. The van der Waals surface area contributed by atoms with Crippen molar-refractivity contribution in [2.24, 2.45) is 5.92 Å². The van der Waals surface area contributed by atoms with Crippen LogP contribution < -0.4 is 0 Å². The van der Waals surface area contributed by atoms with Crippen LogP contribution in [0, 0.1) is 12.3 Å². The monoisotopic (exact) mass is 197 g/mol. The quantitative estimate of drug-likeness (QED) is 0.356. The van der Waals surface area contributed by atoms with Crippen molar-refractivity contribution in [3.8, 4) is 0 Å². The highest BCUT2D eigenvalue weighted by atomic mass is 16.5. The molecule has 0 atom stereocenters. The van der Waals surface area contributed by atoms with Gasteiger partial charge in [-0.2, -0.15) is 0 Å². The Morgan fingerprint density at radius 1 is 1.43 bits per heavy atom. The predicted molar refractivity (Wildman–Crippen MR) is 58.8 cm³/mol. The molecule has 2 heteroatoms. The maximum atomic E-state index is 10.9. The molecule has 0 aromatic heterocycles. The molecule has 0 aromatic carbocycles. The van der Waals surface area contributed by atoms with Gasteiger partial charge < -0.3 is 4.74 Å². The Labute approximate surface area is 87.3 Å². The Kier molecular flexibility index (Phi) is 7.17. The van der Waals surface area contributed by atoms with Gasteiger partial charge in [0.05, 0.1) is 6.61 Å². The SMILES string of the molecule is C=C(C)C(=O)OCC[CH]CCC(C)C. The fraction of sp³-hybridized carbons (Fsp3) is 0.667. The van der Waals surface area contributed by atoms with Crippen LogP contribution in [0.25, 0.3) is 0 Å². The standard InChI is InChI=1S/C12H21O2/c1-10(2)8-6-5-7-9-14-12(13)11(3)4/h5,10H,3,6-9H2,1-2,4H3. The third kappa shape index (κ3) is 7.84. The van der Waals surface area contributed by atoms with Crippen LogP contribution >= 0.6 is 0 Å². The van der Waals surface area contributed by atoms with Crippen molar-refractivity contribution in [1.29, 1.82) is 0 Å². The minimum Gasteiger partial charge on any atom is -0.462 e. The molecule has 0 fully saturated rings. The van der Waals surface area contributed by atoms with E-state index in [2.05, 4.69) is 26.8 Å². The van der Waals surface area contributed by atoms with Gasteiger partial charge in [0.25, 0.3) is 0 Å². The van der Waals surface area contributed by atoms with Crippen molar-refractivity contribution in [3.63, 3.8) is 0 Å². The number of unbranched alkanes of at least 4 members (excludes halogenated alkanes) is 2. The van der Waals surface area contributed by atoms with Crippen molar-refractivity contribution < 1.29 is 9.53 Å². The lowest BCUT2D eigenvalue weighted by atomic mass is 10.1. The third-order valence-electron chi connectivity index (χ3n) is 1.85. The van der Waals surface area contributed by atoms with Gasteiger partial charge in [0, 0.05) is 5.57 Å². The first-order valence-corrected chi connectivity index (χ1v) is 5.18. The summed E-state index contributed by atoms with van der Waals surface area (Å²) in [6, 6.07) is 0. The molecule has 2 nitrogen and oxygen atoms in total. The minimum absolute atomic E-state index is 0.290. The van der Waals surface area contributed by atoms with Gasteiger partial charge in [-0.1, -0.05) is 26.8 Å². The summed E-state index contributed by atoms with van der Waals surface area (Å²) in [4.78, 5) is 10.9. The molecule has 81 valence electrons. The second-order valence-electron chi connectivity index (χ2n) is 3.96. The zero-order valence-electron chi connectivity index (χ0n) is 9.51. The number of hydrogen-bond donors (Lipinski definition) is 0. The Morgan fingerprint density at radius 3 is 2.57 bits per heavy atom. The molecular weight excluding hydrogens is 176 g/mol. The summed E-state index contributed by atoms with van der Waals surface area (Å²) in [5, 5.41) is 0. The Hall–Kier alpha value is -0.790. The van der Waals surface area contributed by atoms with Gasteiger partial charge in [-0.05, 0) is 32.1 Å². The van der Waals surface area contributed by atoms with Crippen LogP contribution in [0.15, 0.2) is 12.2 Å². The lowest BCUT2D eigenvalue weighted by molar-refractivity contribution is -0.138. The van der Waals surface area contributed by atoms with Gasteiger partial charge in [0.1, 0.15) is 0 Å². The average Bonchev–Trinajstić information content (AvgIpc) is 2.09. The molecule has 0 saturated carbocycles. The predicted octanol–water partition coefficient (Wildman–Crippen LogP) is 3.14. The van der Waals surface area contributed by atoms with E-state index in [-0.39, 0.29) is 5.97 Å². The topological polar surface area (TPSA) is 26.3 Å². The molecule has 0 spiro atoms. The van der Waals surface area contributed by atoms with E-state index in [0.29, 0.717) is 12.2 Å². The normalized spacial score (nSPS) is 10.3. The molecular formula is C12H21O2. The van der Waals surface area contributed by atoms with E-state index < -0.39 is 0 Å². The van der Waals surface area contributed by atoms with Crippen molar-refractivity contribution in [2.45, 2.75) is 40.0 Å². The summed E-state index contributed by atoms with van der Waals surface area (Å²) in [6.45, 7) is 10.0. The number of esters is 1. The van der Waals surface area contributed by atoms with E-state index in [0.717, 1.165) is 18.8 Å². The van der Waals surface area contributed by atoms with E-state index >= 15 is 0 Å². The van der Waals surface area contributed by atoms with E-state index in [1.807, 2.05) is 0 Å². The number of carbonyl (C=O) groups excluding carboxylic acids is 1. The Morgan fingerprint density at radius 2 is 2.07 bits per heavy atom. The van der Waals surface area contributed by atoms with Gasteiger partial charge in [-0.15, -0.1) is 0 Å². The molecule has 0 amide bonds. The van der Waals surface area contributed by atoms with E-state index in [9.17, 15) is 4.79 Å². The number of rotatable bonds is 7. The summed E-state index contributed by atoms with van der Waals surface area (Å²) < 4.78 is 4.94. The second kappa shape index (κ2) is 7.60. The van der Waals surface area contributed by atoms with E-state index in [1.165, 1.54) is 6.42 Å². The maximum absolute atomic E-state index is 10.9. The van der Waals surface area contributed by atoms with Gasteiger partial charge in [-0.3, -0.25) is 0 Å². The van der Waals surface area contributed by atoms with Crippen LogP contribution in [0.4, 0.5) is 0 Å². The molecule has 0 aliphatic carbocycles. The third-order valence-corrected chi connectivity index (χ3v) is 1.85. The highest BCUT2D eigenvalue weighted by molar-refractivity contribution is 5.86. The first kappa shape index (κ1) is 13.2. The largest absolute Gasteiger partial charge is 0.462 e. The molecule has 14 heavy (non-hydrogen) atoms. The van der Waals surface area contributed by atoms with Crippen LogP contribution in [0.2, 0.25) is 0 Å². The van der Waals surface area contributed by atoms with Crippen LogP contribution in [0.1, 0.15) is 40.0 Å². The number of carbonyl (C=O) groups is 1. The molecule has 0 saturated heterocycles. The first-order valence-electron chi connectivity index (χ1n) is 5.18. The lowest BCUT2D eigenvalue weighted by Gasteiger charge is -2.05. The lowest BCUT2D eigenvalue weighted by Crippen LogP contribution is -2.06. The molecule has 0 aromatic rings. The summed E-state index contributed by atoms with van der Waals surface area (Å²) in [5.41, 5.74) is 0.465. The zero-order chi connectivity index (χ0) is 11.0. The van der Waals surface area contributed by atoms with Gasteiger partial charge in [0.2, 0.25) is 0 Å². The molecule has 0 N–H and O–H groups in total. The van der Waals surface area contributed by atoms with E-state index in [4.69, 9.17) is 4.74 Å². The fourth-order valence-corrected chi connectivity index (χ4v) is 0.954. The molecule has 0 unspecified atom stereocenters. The molecule has 0 rings (SSSR count). The fourth-order valence-electron chi connectivity index (χ4n) is 0.954. The van der Waals surface area contributed by atoms with Gasteiger partial charge in [0.15, 0.2) is 0 Å². The Balaban J connectivity index is 3.22. The molecule has 0 heterocycles. The summed E-state index contributed by atoms with van der Waals surface area (Å²) in [5.74, 6) is 0.450. The maximum Gasteiger partial charge on any atom is 0.333 e. The molecule has 1 radical (unpaired) electrons. The minimum atomic E-state index is -0.290. The number of hydrogen-bond acceptors (Lipinski definition) is 2. The van der Waals surface area contributed by atoms with Crippen LogP contribution in [-0.4, -0.2) is 12.6 Å². The summed E-state index contributed by atoms with van der Waals surface area (Å²) in [6.07, 6.45) is 5.31. The summed E-state index contributed by atoms with van der Waals surface area (Å²) >= 11 is 0. The smallest absolute Gasteiger partial charge is 0.333 e. The molecule has 0 aliphatic rings. The van der Waals surface area contributed by atoms with Crippen molar-refractivity contribution in [1.82, 2.24) is 0 Å². The zero-order valence-corrected chi connectivity index (χ0v) is 9.51. The van der Waals surface area contributed by atoms with Crippen molar-refractivity contribution in [3.05, 3.63) is 18.6 Å². The highest BCUT2D eigenvalue weighted by Crippen LogP contribution is 2.07. The van der Waals surface area contributed by atoms with Crippen LogP contribution in [0.5, 0.6) is 0 Å².